The van der Waals surface area contributed by atoms with Crippen molar-refractivity contribution in [1.82, 2.24) is 9.55 Å². The van der Waals surface area contributed by atoms with Crippen LogP contribution in [0.25, 0.3) is 0 Å². The Bertz CT molecular complexity index is 801. The van der Waals surface area contributed by atoms with Crippen LogP contribution in [0.5, 0.6) is 0 Å². The molecule has 1 aromatic heterocycles. The maximum atomic E-state index is 12.3. The minimum atomic E-state index is -1.94. The van der Waals surface area contributed by atoms with Crippen molar-refractivity contribution in [2.45, 2.75) is 90.0 Å². The Morgan fingerprint density at radius 2 is 2.03 bits per heavy atom. The molecular weight excluding hydrogens is 408 g/mol. The zero-order valence-electron chi connectivity index (χ0n) is 18.9. The average Bonchev–Trinajstić information content (AvgIpc) is 2.98. The van der Waals surface area contributed by atoms with E-state index < -0.39 is 20.2 Å². The Morgan fingerprint density at radius 1 is 1.38 bits per heavy atom. The summed E-state index contributed by atoms with van der Waals surface area (Å²) in [6.07, 6.45) is 1.15. The fourth-order valence-electron chi connectivity index (χ4n) is 2.99. The molecule has 1 aliphatic rings. The predicted molar refractivity (Wildman–Crippen MR) is 120 cm³/mol. The van der Waals surface area contributed by atoms with Crippen LogP contribution in [0.2, 0.25) is 18.1 Å². The summed E-state index contributed by atoms with van der Waals surface area (Å²) in [4.78, 5) is 26.4. The van der Waals surface area contributed by atoms with Crippen molar-refractivity contribution in [3.63, 3.8) is 0 Å². The van der Waals surface area contributed by atoms with Crippen molar-refractivity contribution in [3.05, 3.63) is 32.6 Å². The van der Waals surface area contributed by atoms with Crippen molar-refractivity contribution >= 4 is 20.1 Å². The van der Waals surface area contributed by atoms with Gasteiger partial charge in [0.15, 0.2) is 8.32 Å². The molecule has 1 fully saturated rings. The van der Waals surface area contributed by atoms with Gasteiger partial charge in [0, 0.05) is 18.2 Å². The third kappa shape index (κ3) is 6.07. The molecule has 1 aliphatic heterocycles. The summed E-state index contributed by atoms with van der Waals surface area (Å²) in [5.74, 6) is 0.960. The van der Waals surface area contributed by atoms with Crippen LogP contribution in [0.3, 0.4) is 0 Å². The van der Waals surface area contributed by atoms with Gasteiger partial charge >= 0.3 is 5.69 Å². The minimum absolute atomic E-state index is 0.0248. The highest BCUT2D eigenvalue weighted by Crippen LogP contribution is 2.38. The zero-order valence-corrected chi connectivity index (χ0v) is 20.7. The van der Waals surface area contributed by atoms with Gasteiger partial charge in [0.1, 0.15) is 17.8 Å². The fraction of sp³-hybridized carbons (Fsp3) is 0.800. The molecule has 0 aliphatic carbocycles. The molecule has 0 amide bonds. The lowest BCUT2D eigenvalue weighted by molar-refractivity contribution is -0.0623. The van der Waals surface area contributed by atoms with E-state index in [1.54, 1.807) is 24.9 Å². The second-order valence-corrected chi connectivity index (χ2v) is 15.5. The molecule has 4 atom stereocenters. The van der Waals surface area contributed by atoms with E-state index in [-0.39, 0.29) is 28.2 Å². The fourth-order valence-corrected chi connectivity index (χ4v) is 4.70. The largest absolute Gasteiger partial charge is 0.414 e. The first kappa shape index (κ1) is 24.4. The van der Waals surface area contributed by atoms with Crippen molar-refractivity contribution in [2.75, 3.05) is 12.4 Å². The van der Waals surface area contributed by atoms with Crippen molar-refractivity contribution < 1.29 is 13.9 Å². The number of thioether (sulfide) groups is 1. The molecule has 9 heteroatoms. The van der Waals surface area contributed by atoms with Crippen LogP contribution in [0, 0.1) is 6.92 Å². The number of nitrogens with one attached hydrogen (secondary N) is 1. The zero-order chi connectivity index (χ0) is 22.0. The first-order valence-electron chi connectivity index (χ1n) is 10.2. The molecule has 2 heterocycles. The van der Waals surface area contributed by atoms with Gasteiger partial charge < -0.3 is 13.9 Å². The van der Waals surface area contributed by atoms with Crippen LogP contribution in [0.4, 0.5) is 0 Å². The molecule has 29 heavy (non-hydrogen) atoms. The number of ether oxygens (including phenoxy) is 2. The molecule has 2 unspecified atom stereocenters. The SMILES string of the molecule is CCSC(C)OC1C[C@H](n2cc(C)c(=O)[nH]c2=O)O[C@@H]1CO[Si](C)(C)C(C)(C)C. The lowest BCUT2D eigenvalue weighted by Crippen LogP contribution is -2.44. The second kappa shape index (κ2) is 9.51. The van der Waals surface area contributed by atoms with Crippen LogP contribution in [-0.4, -0.2) is 47.9 Å². The van der Waals surface area contributed by atoms with Gasteiger partial charge in [-0.05, 0) is 37.7 Å². The van der Waals surface area contributed by atoms with E-state index in [0.29, 0.717) is 18.6 Å². The first-order valence-corrected chi connectivity index (χ1v) is 14.2. The molecule has 1 N–H and O–H groups in total. The topological polar surface area (TPSA) is 82.6 Å². The predicted octanol–water partition coefficient (Wildman–Crippen LogP) is 3.64. The molecule has 0 aromatic carbocycles. The van der Waals surface area contributed by atoms with Crippen LogP contribution >= 0.6 is 11.8 Å². The second-order valence-electron chi connectivity index (χ2n) is 9.11. The molecule has 0 saturated carbocycles. The number of aromatic nitrogens is 2. The lowest BCUT2D eigenvalue weighted by atomic mass is 10.2. The van der Waals surface area contributed by atoms with Gasteiger partial charge in [-0.1, -0.05) is 27.7 Å². The van der Waals surface area contributed by atoms with E-state index in [0.717, 1.165) is 5.75 Å². The molecule has 166 valence electrons. The summed E-state index contributed by atoms with van der Waals surface area (Å²) in [7, 11) is -1.94. The van der Waals surface area contributed by atoms with Gasteiger partial charge in [0.05, 0.1) is 12.7 Å². The summed E-state index contributed by atoms with van der Waals surface area (Å²) in [6, 6.07) is 0. The van der Waals surface area contributed by atoms with E-state index >= 15 is 0 Å². The summed E-state index contributed by atoms with van der Waals surface area (Å²) in [6.45, 7) is 17.3. The first-order chi connectivity index (χ1) is 13.4. The maximum Gasteiger partial charge on any atom is 0.330 e. The third-order valence-corrected chi connectivity index (χ3v) is 11.2. The van der Waals surface area contributed by atoms with E-state index in [9.17, 15) is 9.59 Å². The van der Waals surface area contributed by atoms with Crippen LogP contribution in [-0.2, 0) is 13.9 Å². The number of rotatable bonds is 8. The molecule has 1 aromatic rings. The van der Waals surface area contributed by atoms with Gasteiger partial charge in [-0.25, -0.2) is 4.79 Å². The molecule has 0 bridgehead atoms. The number of H-pyrrole nitrogens is 1. The van der Waals surface area contributed by atoms with Gasteiger partial charge in [-0.15, -0.1) is 11.8 Å². The molecule has 0 radical (unpaired) electrons. The van der Waals surface area contributed by atoms with E-state index in [2.05, 4.69) is 45.8 Å². The van der Waals surface area contributed by atoms with Crippen LogP contribution in [0.1, 0.15) is 52.8 Å². The molecule has 1 saturated heterocycles. The van der Waals surface area contributed by atoms with Gasteiger partial charge in [-0.2, -0.15) is 0 Å². The Hall–Kier alpha value is -0.873. The maximum absolute atomic E-state index is 12.3. The van der Waals surface area contributed by atoms with Crippen LogP contribution < -0.4 is 11.2 Å². The van der Waals surface area contributed by atoms with Crippen LogP contribution in [0.15, 0.2) is 15.8 Å². The summed E-state index contributed by atoms with van der Waals surface area (Å²) in [5, 5.41) is 0.0969. The van der Waals surface area contributed by atoms with E-state index in [1.165, 1.54) is 4.57 Å². The molecule has 2 rings (SSSR count). The van der Waals surface area contributed by atoms with E-state index in [1.807, 2.05) is 6.92 Å². The Morgan fingerprint density at radius 3 is 2.62 bits per heavy atom. The number of hydrogen-bond donors (Lipinski definition) is 1. The highest BCUT2D eigenvalue weighted by Gasteiger charge is 2.42. The quantitative estimate of drug-likeness (QED) is 0.487. The van der Waals surface area contributed by atoms with Gasteiger partial charge in [0.2, 0.25) is 0 Å². The Balaban J connectivity index is 2.21. The summed E-state index contributed by atoms with van der Waals surface area (Å²) >= 11 is 1.73. The van der Waals surface area contributed by atoms with Gasteiger partial charge in [-0.3, -0.25) is 14.3 Å². The normalized spacial score (nSPS) is 24.1. The summed E-state index contributed by atoms with van der Waals surface area (Å²) < 4.78 is 20.3. The molecule has 7 nitrogen and oxygen atoms in total. The highest BCUT2D eigenvalue weighted by atomic mass is 32.2. The average molecular weight is 445 g/mol. The summed E-state index contributed by atoms with van der Waals surface area (Å²) in [5.41, 5.74) is -0.340. The Kier molecular flexibility index (Phi) is 8.00. The smallest absolute Gasteiger partial charge is 0.330 e. The number of nitrogens with zero attached hydrogens (tertiary/aromatic N) is 1. The van der Waals surface area contributed by atoms with Crippen molar-refractivity contribution in [3.8, 4) is 0 Å². The van der Waals surface area contributed by atoms with Gasteiger partial charge in [0.25, 0.3) is 5.56 Å². The third-order valence-electron chi connectivity index (χ3n) is 5.82. The molecule has 0 spiro atoms. The lowest BCUT2D eigenvalue weighted by Gasteiger charge is -2.37. The Labute approximate surface area is 178 Å². The number of aromatic amines is 1. The van der Waals surface area contributed by atoms with Crippen molar-refractivity contribution in [2.24, 2.45) is 0 Å². The highest BCUT2D eigenvalue weighted by molar-refractivity contribution is 7.99. The monoisotopic (exact) mass is 444 g/mol. The van der Waals surface area contributed by atoms with E-state index in [4.69, 9.17) is 13.9 Å². The number of hydrogen-bond acceptors (Lipinski definition) is 6. The van der Waals surface area contributed by atoms with Crippen molar-refractivity contribution in [1.29, 1.82) is 0 Å². The minimum Gasteiger partial charge on any atom is -0.414 e. The number of aryl methyl sites for hydroxylation is 1. The molecular formula is C20H36N2O5SSi. The standard InChI is InChI=1S/C20H36N2O5SSi/c1-9-28-14(3)26-15-10-17(22-11-13(2)18(23)21-19(22)24)27-16(15)12-25-29(7,8)20(4,5)6/h11,14-17H,9-10,12H2,1-8H3,(H,21,23,24)/t14?,15?,16-,17-/m1/s1.